The van der Waals surface area contributed by atoms with Crippen molar-refractivity contribution in [3.05, 3.63) is 34.9 Å². The third-order valence-corrected chi connectivity index (χ3v) is 8.72. The molecular formula is C39H75N3. The zero-order chi connectivity index (χ0) is 30.2. The maximum Gasteiger partial charge on any atom is 0.0205 e. The lowest BCUT2D eigenvalue weighted by molar-refractivity contribution is 0.551. The quantitative estimate of drug-likeness (QED) is 0.0718. The first-order chi connectivity index (χ1) is 20.8. The zero-order valence-electron chi connectivity index (χ0n) is 28.9. The van der Waals surface area contributed by atoms with Crippen LogP contribution in [-0.4, -0.2) is 19.6 Å². The second kappa shape index (κ2) is 31.5. The number of hydrogen-bond acceptors (Lipinski definition) is 3. The molecule has 0 aliphatic heterocycles. The molecule has 0 aromatic heterocycles. The summed E-state index contributed by atoms with van der Waals surface area (Å²) in [7, 11) is 0. The monoisotopic (exact) mass is 586 g/mol. The van der Waals surface area contributed by atoms with E-state index in [9.17, 15) is 0 Å². The van der Waals surface area contributed by atoms with Crippen molar-refractivity contribution in [1.29, 1.82) is 0 Å². The first-order valence-electron chi connectivity index (χ1n) is 19.0. The van der Waals surface area contributed by atoms with E-state index < -0.39 is 0 Å². The highest BCUT2D eigenvalue weighted by Crippen LogP contribution is 2.13. The van der Waals surface area contributed by atoms with Crippen LogP contribution in [0.5, 0.6) is 0 Å². The molecule has 0 amide bonds. The molecule has 0 atom stereocenters. The Hall–Kier alpha value is -0.900. The second-order valence-corrected chi connectivity index (χ2v) is 13.1. The van der Waals surface area contributed by atoms with Crippen LogP contribution in [0.4, 0.5) is 0 Å². The van der Waals surface area contributed by atoms with E-state index in [1.165, 1.54) is 171 Å². The van der Waals surface area contributed by atoms with Gasteiger partial charge in [-0.3, -0.25) is 0 Å². The first kappa shape index (κ1) is 39.1. The molecule has 0 unspecified atom stereocenters. The highest BCUT2D eigenvalue weighted by molar-refractivity contribution is 5.30. The fourth-order valence-corrected chi connectivity index (χ4v) is 6.00. The summed E-state index contributed by atoms with van der Waals surface area (Å²) in [6.45, 7) is 13.3. The Morgan fingerprint density at radius 3 is 0.762 bits per heavy atom. The molecule has 1 aromatic rings. The Kier molecular flexibility index (Phi) is 29.4. The van der Waals surface area contributed by atoms with Gasteiger partial charge in [0.2, 0.25) is 0 Å². The third-order valence-electron chi connectivity index (χ3n) is 8.72. The topological polar surface area (TPSA) is 36.1 Å². The van der Waals surface area contributed by atoms with Crippen molar-refractivity contribution < 1.29 is 0 Å². The van der Waals surface area contributed by atoms with E-state index in [1.807, 2.05) is 0 Å². The Morgan fingerprint density at radius 2 is 0.524 bits per heavy atom. The van der Waals surface area contributed by atoms with Crippen LogP contribution in [0.15, 0.2) is 18.2 Å². The molecule has 0 saturated heterocycles. The molecule has 0 fully saturated rings. The van der Waals surface area contributed by atoms with Crippen molar-refractivity contribution in [3.8, 4) is 0 Å². The maximum absolute atomic E-state index is 3.74. The number of unbranched alkanes of at least 4 members (excludes halogenated alkanes) is 21. The van der Waals surface area contributed by atoms with E-state index in [-0.39, 0.29) is 0 Å². The van der Waals surface area contributed by atoms with Crippen LogP contribution in [-0.2, 0) is 19.6 Å². The largest absolute Gasteiger partial charge is 0.313 e. The molecule has 0 aliphatic carbocycles. The smallest absolute Gasteiger partial charge is 0.0205 e. The van der Waals surface area contributed by atoms with Gasteiger partial charge in [-0.05, 0) is 55.6 Å². The van der Waals surface area contributed by atoms with E-state index in [1.54, 1.807) is 0 Å². The van der Waals surface area contributed by atoms with Gasteiger partial charge in [-0.1, -0.05) is 174 Å². The van der Waals surface area contributed by atoms with Gasteiger partial charge in [-0.25, -0.2) is 0 Å². The average molecular weight is 586 g/mol. The van der Waals surface area contributed by atoms with Gasteiger partial charge in [0.1, 0.15) is 0 Å². The van der Waals surface area contributed by atoms with Crippen molar-refractivity contribution in [3.63, 3.8) is 0 Å². The molecule has 246 valence electrons. The van der Waals surface area contributed by atoms with Crippen LogP contribution >= 0.6 is 0 Å². The van der Waals surface area contributed by atoms with E-state index in [4.69, 9.17) is 0 Å². The van der Waals surface area contributed by atoms with Gasteiger partial charge in [0.15, 0.2) is 0 Å². The van der Waals surface area contributed by atoms with E-state index in [2.05, 4.69) is 54.9 Å². The number of nitrogens with one attached hydrogen (secondary N) is 3. The van der Waals surface area contributed by atoms with Crippen molar-refractivity contribution in [2.45, 2.75) is 195 Å². The lowest BCUT2D eigenvalue weighted by atomic mass is 10.0. The standard InChI is InChI=1S/C39H75N3/c1-4-7-10-13-16-19-22-25-28-40-34-37-31-38(35-41-29-26-23-20-17-14-11-8-5-2)33-39(32-37)36-42-30-27-24-21-18-15-12-9-6-3/h31-33,40-42H,4-30,34-36H2,1-3H3. The predicted octanol–water partition coefficient (Wildman–Crippen LogP) is 11.4. The SMILES string of the molecule is CCCCCCCCCCNCc1cc(CNCCCCCCCCCC)cc(CNCCCCCCCCCC)c1. The molecule has 0 spiro atoms. The van der Waals surface area contributed by atoms with Gasteiger partial charge in [0.05, 0.1) is 0 Å². The van der Waals surface area contributed by atoms with Crippen LogP contribution in [0.2, 0.25) is 0 Å². The molecule has 3 heteroatoms. The lowest BCUT2D eigenvalue weighted by Crippen LogP contribution is -2.19. The van der Waals surface area contributed by atoms with Crippen molar-refractivity contribution >= 4 is 0 Å². The molecule has 0 saturated carbocycles. The first-order valence-corrected chi connectivity index (χ1v) is 19.0. The predicted molar refractivity (Wildman–Crippen MR) is 189 cm³/mol. The van der Waals surface area contributed by atoms with Crippen molar-refractivity contribution in [2.75, 3.05) is 19.6 Å². The molecule has 0 bridgehead atoms. The highest BCUT2D eigenvalue weighted by Gasteiger charge is 2.03. The lowest BCUT2D eigenvalue weighted by Gasteiger charge is -2.13. The summed E-state index contributed by atoms with van der Waals surface area (Å²) in [5.41, 5.74) is 4.35. The molecule has 3 N–H and O–H groups in total. The van der Waals surface area contributed by atoms with E-state index >= 15 is 0 Å². The minimum Gasteiger partial charge on any atom is -0.313 e. The van der Waals surface area contributed by atoms with Crippen LogP contribution < -0.4 is 16.0 Å². The number of rotatable bonds is 33. The molecular weight excluding hydrogens is 510 g/mol. The van der Waals surface area contributed by atoms with Gasteiger partial charge >= 0.3 is 0 Å². The molecule has 0 heterocycles. The summed E-state index contributed by atoms with van der Waals surface area (Å²) in [5, 5.41) is 11.2. The summed E-state index contributed by atoms with van der Waals surface area (Å²) in [6, 6.07) is 7.30. The molecule has 0 radical (unpaired) electrons. The van der Waals surface area contributed by atoms with E-state index in [0.29, 0.717) is 0 Å². The van der Waals surface area contributed by atoms with Crippen molar-refractivity contribution in [1.82, 2.24) is 16.0 Å². The normalized spacial score (nSPS) is 11.5. The fraction of sp³-hybridized carbons (Fsp3) is 0.846. The summed E-state index contributed by atoms with van der Waals surface area (Å²) >= 11 is 0. The van der Waals surface area contributed by atoms with Gasteiger partial charge in [0, 0.05) is 19.6 Å². The van der Waals surface area contributed by atoms with Crippen molar-refractivity contribution in [2.24, 2.45) is 0 Å². The highest BCUT2D eigenvalue weighted by atomic mass is 14.9. The molecule has 1 rings (SSSR count). The Balaban J connectivity index is 2.35. The van der Waals surface area contributed by atoms with Gasteiger partial charge in [-0.2, -0.15) is 0 Å². The summed E-state index contributed by atoms with van der Waals surface area (Å²) < 4.78 is 0. The molecule has 3 nitrogen and oxygen atoms in total. The Morgan fingerprint density at radius 1 is 0.310 bits per heavy atom. The van der Waals surface area contributed by atoms with Crippen LogP contribution in [0, 0.1) is 0 Å². The number of hydrogen-bond donors (Lipinski definition) is 3. The van der Waals surface area contributed by atoms with Crippen LogP contribution in [0.1, 0.15) is 192 Å². The van der Waals surface area contributed by atoms with Gasteiger partial charge < -0.3 is 16.0 Å². The molecule has 42 heavy (non-hydrogen) atoms. The molecule has 1 aromatic carbocycles. The third kappa shape index (κ3) is 25.6. The van der Waals surface area contributed by atoms with Gasteiger partial charge in [-0.15, -0.1) is 0 Å². The Bertz CT molecular complexity index is 571. The minimum atomic E-state index is 0.993. The maximum atomic E-state index is 3.74. The fourth-order valence-electron chi connectivity index (χ4n) is 6.00. The number of benzene rings is 1. The van der Waals surface area contributed by atoms with Crippen LogP contribution in [0.3, 0.4) is 0 Å². The zero-order valence-corrected chi connectivity index (χ0v) is 28.9. The van der Waals surface area contributed by atoms with Gasteiger partial charge in [0.25, 0.3) is 0 Å². The van der Waals surface area contributed by atoms with E-state index in [0.717, 1.165) is 39.3 Å². The minimum absolute atomic E-state index is 0.993. The summed E-state index contributed by atoms with van der Waals surface area (Å²) in [4.78, 5) is 0. The van der Waals surface area contributed by atoms with Crippen LogP contribution in [0.25, 0.3) is 0 Å². The summed E-state index contributed by atoms with van der Waals surface area (Å²) in [5.74, 6) is 0. The summed E-state index contributed by atoms with van der Waals surface area (Å²) in [6.07, 6.45) is 33.3. The average Bonchev–Trinajstić information content (AvgIpc) is 3.00. The second-order valence-electron chi connectivity index (χ2n) is 13.1. The molecule has 0 aliphatic rings. The Labute approximate surface area is 264 Å².